The second-order valence-corrected chi connectivity index (χ2v) is 6.45. The topological polar surface area (TPSA) is 54.0 Å². The van der Waals surface area contributed by atoms with Gasteiger partial charge in [-0.25, -0.2) is 0 Å². The van der Waals surface area contributed by atoms with Crippen LogP contribution < -0.4 is 18.9 Å². The number of carbonyl (C=O) groups is 1. The number of hydrogen-bond acceptors (Lipinski definition) is 5. The van der Waals surface area contributed by atoms with Crippen LogP contribution in [0.25, 0.3) is 6.08 Å². The molecule has 0 saturated heterocycles. The van der Waals surface area contributed by atoms with Gasteiger partial charge in [0, 0.05) is 5.56 Å². The molecule has 5 nitrogen and oxygen atoms in total. The van der Waals surface area contributed by atoms with E-state index in [0.29, 0.717) is 35.2 Å². The van der Waals surface area contributed by atoms with Gasteiger partial charge >= 0.3 is 0 Å². The summed E-state index contributed by atoms with van der Waals surface area (Å²) >= 11 is 0. The molecule has 5 heteroatoms. The van der Waals surface area contributed by atoms with Crippen molar-refractivity contribution in [3.05, 3.63) is 89.5 Å². The molecule has 3 aromatic carbocycles. The number of methoxy groups -OCH3 is 3. The molecule has 0 atom stereocenters. The smallest absolute Gasteiger partial charge is 0.185 e. The third-order valence-electron chi connectivity index (χ3n) is 4.52. The van der Waals surface area contributed by atoms with Gasteiger partial charge in [0.2, 0.25) is 0 Å². The fourth-order valence-electron chi connectivity index (χ4n) is 2.90. The summed E-state index contributed by atoms with van der Waals surface area (Å²) in [5.74, 6) is 2.20. The van der Waals surface area contributed by atoms with Crippen LogP contribution >= 0.6 is 0 Å². The van der Waals surface area contributed by atoms with E-state index in [-0.39, 0.29) is 5.78 Å². The van der Waals surface area contributed by atoms with Crippen LogP contribution in [0, 0.1) is 0 Å². The summed E-state index contributed by atoms with van der Waals surface area (Å²) in [5.41, 5.74) is 2.40. The third kappa shape index (κ3) is 5.20. The van der Waals surface area contributed by atoms with E-state index < -0.39 is 0 Å². The van der Waals surface area contributed by atoms with Crippen LogP contribution in [0.3, 0.4) is 0 Å². The van der Waals surface area contributed by atoms with E-state index in [1.807, 2.05) is 48.5 Å². The van der Waals surface area contributed by atoms with Crippen molar-refractivity contribution in [2.75, 3.05) is 21.3 Å². The first-order chi connectivity index (χ1) is 14.6. The highest BCUT2D eigenvalue weighted by Crippen LogP contribution is 2.30. The van der Waals surface area contributed by atoms with Crippen molar-refractivity contribution in [1.82, 2.24) is 0 Å². The minimum atomic E-state index is -0.140. The molecule has 0 amide bonds. The molecule has 30 heavy (non-hydrogen) atoms. The van der Waals surface area contributed by atoms with Gasteiger partial charge in [0.05, 0.1) is 21.3 Å². The largest absolute Gasteiger partial charge is 0.493 e. The summed E-state index contributed by atoms with van der Waals surface area (Å²) in [7, 11) is 4.69. The Morgan fingerprint density at radius 3 is 2.13 bits per heavy atom. The Balaban J connectivity index is 1.75. The molecule has 0 bridgehead atoms. The first-order valence-electron chi connectivity index (χ1n) is 9.44. The van der Waals surface area contributed by atoms with E-state index in [1.54, 1.807) is 38.5 Å². The zero-order chi connectivity index (χ0) is 21.3. The number of ether oxygens (including phenoxy) is 4. The molecule has 0 N–H and O–H groups in total. The average Bonchev–Trinajstić information content (AvgIpc) is 2.81. The quantitative estimate of drug-likeness (QED) is 0.363. The van der Waals surface area contributed by atoms with Crippen LogP contribution in [0.1, 0.15) is 21.5 Å². The third-order valence-corrected chi connectivity index (χ3v) is 4.52. The van der Waals surface area contributed by atoms with E-state index in [4.69, 9.17) is 18.9 Å². The number of allylic oxidation sites excluding steroid dienone is 1. The zero-order valence-electron chi connectivity index (χ0n) is 17.3. The van der Waals surface area contributed by atoms with E-state index in [2.05, 4.69) is 0 Å². The van der Waals surface area contributed by atoms with Gasteiger partial charge < -0.3 is 18.9 Å². The van der Waals surface area contributed by atoms with Crippen molar-refractivity contribution in [1.29, 1.82) is 0 Å². The van der Waals surface area contributed by atoms with Gasteiger partial charge in [-0.1, -0.05) is 42.5 Å². The molecule has 0 aliphatic rings. The first-order valence-corrected chi connectivity index (χ1v) is 9.44. The van der Waals surface area contributed by atoms with Crippen molar-refractivity contribution >= 4 is 11.9 Å². The monoisotopic (exact) mass is 404 g/mol. The van der Waals surface area contributed by atoms with Crippen LogP contribution in [-0.4, -0.2) is 27.1 Å². The van der Waals surface area contributed by atoms with Gasteiger partial charge in [0.15, 0.2) is 28.8 Å². The van der Waals surface area contributed by atoms with Crippen LogP contribution in [0.5, 0.6) is 23.0 Å². The highest BCUT2D eigenvalue weighted by atomic mass is 16.5. The number of carbonyl (C=O) groups excluding carboxylic acids is 1. The molecule has 0 aromatic heterocycles. The lowest BCUT2D eigenvalue weighted by Gasteiger charge is -2.11. The Hall–Kier alpha value is -3.73. The van der Waals surface area contributed by atoms with Gasteiger partial charge in [-0.05, 0) is 47.5 Å². The predicted molar refractivity (Wildman–Crippen MR) is 117 cm³/mol. The molecule has 0 unspecified atom stereocenters. The summed E-state index contributed by atoms with van der Waals surface area (Å²) in [6.45, 7) is 0.426. The van der Waals surface area contributed by atoms with E-state index >= 15 is 0 Å². The van der Waals surface area contributed by atoms with Crippen LogP contribution in [0.2, 0.25) is 0 Å². The minimum absolute atomic E-state index is 0.140. The lowest BCUT2D eigenvalue weighted by atomic mass is 10.1. The number of benzene rings is 3. The molecule has 0 aliphatic heterocycles. The van der Waals surface area contributed by atoms with Crippen molar-refractivity contribution in [2.24, 2.45) is 0 Å². The summed E-state index contributed by atoms with van der Waals surface area (Å²) in [5, 5.41) is 0. The fraction of sp³-hybridized carbons (Fsp3) is 0.160. The number of rotatable bonds is 9. The molecule has 3 aromatic rings. The second kappa shape index (κ2) is 10.2. The molecular weight excluding hydrogens is 380 g/mol. The van der Waals surface area contributed by atoms with Crippen molar-refractivity contribution < 1.29 is 23.7 Å². The fourth-order valence-corrected chi connectivity index (χ4v) is 2.90. The lowest BCUT2D eigenvalue weighted by molar-refractivity contribution is 0.104. The maximum atomic E-state index is 12.6. The van der Waals surface area contributed by atoms with Crippen LogP contribution in [0.15, 0.2) is 72.8 Å². The van der Waals surface area contributed by atoms with Crippen molar-refractivity contribution in [3.63, 3.8) is 0 Å². The zero-order valence-corrected chi connectivity index (χ0v) is 17.3. The number of ketones is 1. The lowest BCUT2D eigenvalue weighted by Crippen LogP contribution is -1.98. The molecule has 154 valence electrons. The Kier molecular flexibility index (Phi) is 7.11. The van der Waals surface area contributed by atoms with Crippen LogP contribution in [-0.2, 0) is 6.61 Å². The molecule has 3 rings (SSSR count). The maximum absolute atomic E-state index is 12.6. The normalized spacial score (nSPS) is 10.6. The molecule has 0 aliphatic carbocycles. The van der Waals surface area contributed by atoms with Gasteiger partial charge in [-0.3, -0.25) is 4.79 Å². The SMILES string of the molecule is COc1ccc(C(=O)/C=C/c2ccc(OC)c(OCc3ccccc3)c2)cc1OC. The Morgan fingerprint density at radius 1 is 0.767 bits per heavy atom. The summed E-state index contributed by atoms with van der Waals surface area (Å²) < 4.78 is 21.8. The molecule has 0 radical (unpaired) electrons. The Labute approximate surface area is 176 Å². The van der Waals surface area contributed by atoms with Crippen molar-refractivity contribution in [2.45, 2.75) is 6.61 Å². The summed E-state index contributed by atoms with van der Waals surface area (Å²) in [6.07, 6.45) is 3.26. The van der Waals surface area contributed by atoms with Crippen LogP contribution in [0.4, 0.5) is 0 Å². The van der Waals surface area contributed by atoms with Gasteiger partial charge in [0.25, 0.3) is 0 Å². The second-order valence-electron chi connectivity index (χ2n) is 6.45. The summed E-state index contributed by atoms with van der Waals surface area (Å²) in [6, 6.07) is 20.5. The minimum Gasteiger partial charge on any atom is -0.493 e. The van der Waals surface area contributed by atoms with E-state index in [1.165, 1.54) is 13.2 Å². The van der Waals surface area contributed by atoms with Gasteiger partial charge in [-0.2, -0.15) is 0 Å². The summed E-state index contributed by atoms with van der Waals surface area (Å²) in [4.78, 5) is 12.6. The molecule has 0 heterocycles. The first kappa shape index (κ1) is 21.0. The van der Waals surface area contributed by atoms with E-state index in [0.717, 1.165) is 11.1 Å². The maximum Gasteiger partial charge on any atom is 0.185 e. The number of hydrogen-bond donors (Lipinski definition) is 0. The molecule has 0 spiro atoms. The highest BCUT2D eigenvalue weighted by Gasteiger charge is 2.09. The highest BCUT2D eigenvalue weighted by molar-refractivity contribution is 6.07. The standard InChI is InChI=1S/C25H24O5/c1-27-22-14-11-20(16-24(22)29-3)21(26)12-9-18-10-13-23(28-2)25(15-18)30-17-19-7-5-4-6-8-19/h4-16H,17H2,1-3H3/b12-9+. The predicted octanol–water partition coefficient (Wildman–Crippen LogP) is 5.19. The van der Waals surface area contributed by atoms with Gasteiger partial charge in [-0.15, -0.1) is 0 Å². The van der Waals surface area contributed by atoms with Gasteiger partial charge in [0.1, 0.15) is 6.61 Å². The van der Waals surface area contributed by atoms with E-state index in [9.17, 15) is 4.79 Å². The molecular formula is C25H24O5. The molecule has 0 fully saturated rings. The molecule has 0 saturated carbocycles. The Morgan fingerprint density at radius 2 is 1.43 bits per heavy atom. The van der Waals surface area contributed by atoms with Crippen molar-refractivity contribution in [3.8, 4) is 23.0 Å². The average molecular weight is 404 g/mol. The Bertz CT molecular complexity index is 1020.